The Morgan fingerprint density at radius 3 is 2.73 bits per heavy atom. The van der Waals surface area contributed by atoms with Gasteiger partial charge >= 0.3 is 0 Å². The highest BCUT2D eigenvalue weighted by molar-refractivity contribution is 6.31. The van der Waals surface area contributed by atoms with Crippen molar-refractivity contribution >= 4 is 17.5 Å². The summed E-state index contributed by atoms with van der Waals surface area (Å²) in [6.07, 6.45) is 0.620. The lowest BCUT2D eigenvalue weighted by Crippen LogP contribution is -2.46. The third kappa shape index (κ3) is 3.64. The van der Waals surface area contributed by atoms with Gasteiger partial charge in [0, 0.05) is 30.1 Å². The Morgan fingerprint density at radius 2 is 1.88 bits per heavy atom. The lowest BCUT2D eigenvalue weighted by Gasteiger charge is -2.33. The van der Waals surface area contributed by atoms with Crippen LogP contribution in [0.25, 0.3) is 0 Å². The van der Waals surface area contributed by atoms with Gasteiger partial charge in [-0.2, -0.15) is 0 Å². The molecular formula is C20H20ClNO4. The summed E-state index contributed by atoms with van der Waals surface area (Å²) in [4.78, 5) is 14.7. The molecule has 2 aromatic rings. The first kappa shape index (κ1) is 17.2. The Labute approximate surface area is 157 Å². The summed E-state index contributed by atoms with van der Waals surface area (Å²) in [6.45, 7) is 2.67. The highest BCUT2D eigenvalue weighted by Crippen LogP contribution is 2.31. The number of amides is 1. The van der Waals surface area contributed by atoms with Crippen LogP contribution in [-0.2, 0) is 11.2 Å². The maximum atomic E-state index is 12.9. The zero-order valence-corrected chi connectivity index (χ0v) is 15.1. The van der Waals surface area contributed by atoms with Crippen molar-refractivity contribution in [2.24, 2.45) is 0 Å². The zero-order chi connectivity index (χ0) is 17.9. The molecule has 2 heterocycles. The number of benzene rings is 2. The molecule has 0 radical (unpaired) electrons. The number of hydrogen-bond donors (Lipinski definition) is 0. The van der Waals surface area contributed by atoms with Crippen LogP contribution in [0.4, 0.5) is 0 Å². The smallest absolute Gasteiger partial charge is 0.254 e. The van der Waals surface area contributed by atoms with E-state index in [0.717, 1.165) is 10.6 Å². The molecule has 2 aromatic carbocycles. The molecule has 1 atom stereocenters. The third-order valence-corrected chi connectivity index (χ3v) is 4.99. The van der Waals surface area contributed by atoms with Crippen LogP contribution >= 0.6 is 11.6 Å². The van der Waals surface area contributed by atoms with Crippen LogP contribution in [0.3, 0.4) is 0 Å². The summed E-state index contributed by atoms with van der Waals surface area (Å²) >= 11 is 6.24. The first-order chi connectivity index (χ1) is 12.7. The monoisotopic (exact) mass is 373 g/mol. The zero-order valence-electron chi connectivity index (χ0n) is 14.3. The first-order valence-corrected chi connectivity index (χ1v) is 9.12. The normalized spacial score (nSPS) is 19.3. The summed E-state index contributed by atoms with van der Waals surface area (Å²) in [6, 6.07) is 13.1. The van der Waals surface area contributed by atoms with E-state index in [2.05, 4.69) is 0 Å². The van der Waals surface area contributed by atoms with Gasteiger partial charge in [-0.25, -0.2) is 0 Å². The predicted octanol–water partition coefficient (Wildman–Crippen LogP) is 3.19. The molecule has 5 nitrogen and oxygen atoms in total. The molecule has 0 N–H and O–H groups in total. The molecule has 2 aliphatic heterocycles. The van der Waals surface area contributed by atoms with Crippen LogP contribution in [0.2, 0.25) is 5.02 Å². The van der Waals surface area contributed by atoms with Crippen molar-refractivity contribution in [3.05, 3.63) is 58.6 Å². The van der Waals surface area contributed by atoms with Crippen LogP contribution in [0.1, 0.15) is 15.9 Å². The fraction of sp³-hybridized carbons (Fsp3) is 0.350. The summed E-state index contributed by atoms with van der Waals surface area (Å²) in [7, 11) is 0. The number of morpholine rings is 1. The number of hydrogen-bond acceptors (Lipinski definition) is 4. The number of fused-ring (bicyclic) bond motifs is 1. The maximum absolute atomic E-state index is 12.9. The van der Waals surface area contributed by atoms with E-state index in [4.69, 9.17) is 25.8 Å². The average molecular weight is 374 g/mol. The molecule has 0 aromatic heterocycles. The molecule has 0 spiro atoms. The minimum absolute atomic E-state index is 0.0190. The molecule has 0 aliphatic carbocycles. The summed E-state index contributed by atoms with van der Waals surface area (Å²) in [5.41, 5.74) is 1.64. The van der Waals surface area contributed by atoms with Crippen LogP contribution in [0.5, 0.6) is 11.5 Å². The van der Waals surface area contributed by atoms with E-state index in [-0.39, 0.29) is 12.0 Å². The average Bonchev–Trinajstić information content (AvgIpc) is 2.69. The van der Waals surface area contributed by atoms with Crippen LogP contribution in [0, 0.1) is 0 Å². The number of carbonyl (C=O) groups excluding carboxylic acids is 1. The van der Waals surface area contributed by atoms with Gasteiger partial charge in [-0.15, -0.1) is 0 Å². The van der Waals surface area contributed by atoms with E-state index in [1.165, 1.54) is 0 Å². The van der Waals surface area contributed by atoms with E-state index in [1.807, 2.05) is 29.2 Å². The van der Waals surface area contributed by atoms with Crippen molar-refractivity contribution < 1.29 is 19.0 Å². The van der Waals surface area contributed by atoms with Crippen LogP contribution < -0.4 is 9.47 Å². The van der Waals surface area contributed by atoms with E-state index in [1.54, 1.807) is 18.2 Å². The number of ether oxygens (including phenoxy) is 3. The molecule has 0 saturated carbocycles. The molecule has 1 saturated heterocycles. The highest BCUT2D eigenvalue weighted by atomic mass is 35.5. The second kappa shape index (κ2) is 7.56. The van der Waals surface area contributed by atoms with Crippen molar-refractivity contribution in [1.82, 2.24) is 4.90 Å². The predicted molar refractivity (Wildman–Crippen MR) is 98.2 cm³/mol. The number of rotatable bonds is 3. The Hall–Kier alpha value is -2.24. The van der Waals surface area contributed by atoms with Gasteiger partial charge in [0.15, 0.2) is 11.5 Å². The van der Waals surface area contributed by atoms with E-state index < -0.39 is 0 Å². The van der Waals surface area contributed by atoms with Crippen LogP contribution in [0.15, 0.2) is 42.5 Å². The second-order valence-corrected chi connectivity index (χ2v) is 6.81. The molecular weight excluding hydrogens is 354 g/mol. The van der Waals surface area contributed by atoms with Gasteiger partial charge in [0.2, 0.25) is 0 Å². The van der Waals surface area contributed by atoms with Gasteiger partial charge < -0.3 is 19.1 Å². The second-order valence-electron chi connectivity index (χ2n) is 6.40. The SMILES string of the molecule is O=C(c1ccc2c(c1)OCCO2)N1CCO[C@H](Cc2ccccc2Cl)C1. The van der Waals surface area contributed by atoms with Crippen molar-refractivity contribution in [2.75, 3.05) is 32.9 Å². The molecule has 0 bridgehead atoms. The fourth-order valence-corrected chi connectivity index (χ4v) is 3.51. The standard InChI is InChI=1S/C20H20ClNO4/c21-17-4-2-1-3-14(17)11-16-13-22(7-8-24-16)20(23)15-5-6-18-19(12-15)26-10-9-25-18/h1-6,12,16H,7-11,13H2/t16-/m1/s1. The minimum Gasteiger partial charge on any atom is -0.486 e. The van der Waals surface area contributed by atoms with Gasteiger partial charge in [0.1, 0.15) is 13.2 Å². The molecule has 2 aliphatic rings. The molecule has 4 rings (SSSR count). The minimum atomic E-state index is -0.0650. The topological polar surface area (TPSA) is 48.0 Å². The molecule has 6 heteroatoms. The van der Waals surface area contributed by atoms with Crippen molar-refractivity contribution in [3.8, 4) is 11.5 Å². The lowest BCUT2D eigenvalue weighted by molar-refractivity contribution is -0.0208. The van der Waals surface area contributed by atoms with E-state index in [9.17, 15) is 4.79 Å². The highest BCUT2D eigenvalue weighted by Gasteiger charge is 2.26. The molecule has 0 unspecified atom stereocenters. The molecule has 1 amide bonds. The Morgan fingerprint density at radius 1 is 1.08 bits per heavy atom. The third-order valence-electron chi connectivity index (χ3n) is 4.62. The largest absolute Gasteiger partial charge is 0.486 e. The van der Waals surface area contributed by atoms with E-state index >= 15 is 0 Å². The summed E-state index contributed by atoms with van der Waals surface area (Å²) < 4.78 is 16.9. The van der Waals surface area contributed by atoms with Crippen molar-refractivity contribution in [1.29, 1.82) is 0 Å². The molecule has 1 fully saturated rings. The van der Waals surface area contributed by atoms with E-state index in [0.29, 0.717) is 56.4 Å². The quantitative estimate of drug-likeness (QED) is 0.829. The summed E-state index contributed by atoms with van der Waals surface area (Å²) in [5.74, 6) is 1.30. The van der Waals surface area contributed by atoms with Crippen molar-refractivity contribution in [3.63, 3.8) is 0 Å². The van der Waals surface area contributed by atoms with Gasteiger partial charge in [0.25, 0.3) is 5.91 Å². The fourth-order valence-electron chi connectivity index (χ4n) is 3.30. The van der Waals surface area contributed by atoms with Gasteiger partial charge in [-0.1, -0.05) is 29.8 Å². The van der Waals surface area contributed by atoms with Gasteiger partial charge in [-0.05, 0) is 29.8 Å². The Kier molecular flexibility index (Phi) is 5.00. The van der Waals surface area contributed by atoms with Gasteiger partial charge in [-0.3, -0.25) is 4.79 Å². The number of halogens is 1. The maximum Gasteiger partial charge on any atom is 0.254 e. The Balaban J connectivity index is 1.45. The van der Waals surface area contributed by atoms with Crippen molar-refractivity contribution in [2.45, 2.75) is 12.5 Å². The van der Waals surface area contributed by atoms with Gasteiger partial charge in [0.05, 0.1) is 12.7 Å². The molecule has 26 heavy (non-hydrogen) atoms. The first-order valence-electron chi connectivity index (χ1n) is 8.74. The number of nitrogens with zero attached hydrogens (tertiary/aromatic N) is 1. The molecule has 136 valence electrons. The summed E-state index contributed by atoms with van der Waals surface area (Å²) in [5, 5.41) is 0.728. The number of carbonyl (C=O) groups is 1. The lowest BCUT2D eigenvalue weighted by atomic mass is 10.1. The Bertz CT molecular complexity index is 810. The van der Waals surface area contributed by atoms with Crippen LogP contribution in [-0.4, -0.2) is 49.8 Å².